The van der Waals surface area contributed by atoms with Crippen LogP contribution in [0.2, 0.25) is 0 Å². The van der Waals surface area contributed by atoms with Gasteiger partial charge in [-0.1, -0.05) is 57.2 Å². The fourth-order valence-corrected chi connectivity index (χ4v) is 2.42. The van der Waals surface area contributed by atoms with Gasteiger partial charge in [-0.2, -0.15) is 0 Å². The van der Waals surface area contributed by atoms with E-state index in [9.17, 15) is 0 Å². The Bertz CT molecular complexity index is 522. The minimum Gasteiger partial charge on any atom is -0.313 e. The van der Waals surface area contributed by atoms with E-state index < -0.39 is 0 Å². The molecular weight excluding hydrogens is 218 g/mol. The first kappa shape index (κ1) is 13.1. The van der Waals surface area contributed by atoms with Crippen molar-refractivity contribution in [3.8, 4) is 0 Å². The summed E-state index contributed by atoms with van der Waals surface area (Å²) < 4.78 is 0. The van der Waals surface area contributed by atoms with Gasteiger partial charge in [0.2, 0.25) is 0 Å². The second kappa shape index (κ2) is 5.11. The van der Waals surface area contributed by atoms with E-state index in [0.29, 0.717) is 11.5 Å². The van der Waals surface area contributed by atoms with E-state index in [4.69, 9.17) is 0 Å². The lowest BCUT2D eigenvalue weighted by Gasteiger charge is -2.26. The smallest absolute Gasteiger partial charge is 0.0322 e. The topological polar surface area (TPSA) is 12.0 Å². The molecule has 1 nitrogen and oxygen atoms in total. The summed E-state index contributed by atoms with van der Waals surface area (Å²) in [5.74, 6) is 0. The van der Waals surface area contributed by atoms with E-state index in [0.717, 1.165) is 6.42 Å². The van der Waals surface area contributed by atoms with Crippen molar-refractivity contribution >= 4 is 10.8 Å². The van der Waals surface area contributed by atoms with Crippen LogP contribution in [0.1, 0.15) is 38.8 Å². The van der Waals surface area contributed by atoms with Crippen LogP contribution in [0.15, 0.2) is 42.5 Å². The molecule has 0 aromatic heterocycles. The van der Waals surface area contributed by atoms with Crippen molar-refractivity contribution in [1.82, 2.24) is 5.32 Å². The molecule has 1 heteroatoms. The molecule has 1 N–H and O–H groups in total. The largest absolute Gasteiger partial charge is 0.313 e. The Morgan fingerprint density at radius 2 is 1.67 bits per heavy atom. The first-order valence-electron chi connectivity index (χ1n) is 6.65. The third-order valence-corrected chi connectivity index (χ3v) is 3.34. The molecule has 0 bridgehead atoms. The number of fused-ring (bicyclic) bond motifs is 1. The van der Waals surface area contributed by atoms with Gasteiger partial charge in [-0.15, -0.1) is 0 Å². The van der Waals surface area contributed by atoms with Crippen molar-refractivity contribution in [1.29, 1.82) is 0 Å². The van der Waals surface area contributed by atoms with Gasteiger partial charge < -0.3 is 5.32 Å². The fraction of sp³-hybridized carbons (Fsp3) is 0.412. The molecule has 0 saturated carbocycles. The first-order chi connectivity index (χ1) is 8.49. The van der Waals surface area contributed by atoms with Gasteiger partial charge in [-0.3, -0.25) is 0 Å². The van der Waals surface area contributed by atoms with Crippen molar-refractivity contribution in [3.63, 3.8) is 0 Å². The van der Waals surface area contributed by atoms with Crippen molar-refractivity contribution in [3.05, 3.63) is 48.0 Å². The van der Waals surface area contributed by atoms with E-state index in [1.165, 1.54) is 16.3 Å². The molecule has 2 aromatic carbocycles. The molecular formula is C17H23N. The molecule has 1 unspecified atom stereocenters. The lowest BCUT2D eigenvalue weighted by atomic mass is 9.85. The molecule has 2 rings (SSSR count). The minimum atomic E-state index is 0.333. The molecule has 0 saturated heterocycles. The second-order valence-corrected chi connectivity index (χ2v) is 6.21. The second-order valence-electron chi connectivity index (χ2n) is 6.21. The highest BCUT2D eigenvalue weighted by Gasteiger charge is 2.18. The van der Waals surface area contributed by atoms with Gasteiger partial charge in [0.05, 0.1) is 0 Å². The quantitative estimate of drug-likeness (QED) is 0.832. The summed E-state index contributed by atoms with van der Waals surface area (Å²) >= 11 is 0. The van der Waals surface area contributed by atoms with Gasteiger partial charge >= 0.3 is 0 Å². The van der Waals surface area contributed by atoms with Crippen LogP contribution in [0.4, 0.5) is 0 Å². The van der Waals surface area contributed by atoms with Gasteiger partial charge in [0.15, 0.2) is 0 Å². The molecule has 2 aromatic rings. The number of hydrogen-bond donors (Lipinski definition) is 1. The fourth-order valence-electron chi connectivity index (χ4n) is 2.42. The third kappa shape index (κ3) is 3.11. The highest BCUT2D eigenvalue weighted by Crippen LogP contribution is 2.30. The molecule has 0 aliphatic heterocycles. The minimum absolute atomic E-state index is 0.333. The van der Waals surface area contributed by atoms with Crippen LogP contribution in [0.5, 0.6) is 0 Å². The van der Waals surface area contributed by atoms with Gasteiger partial charge in [0.1, 0.15) is 0 Å². The average Bonchev–Trinajstić information content (AvgIpc) is 2.34. The van der Waals surface area contributed by atoms with Crippen LogP contribution in [-0.2, 0) is 0 Å². The van der Waals surface area contributed by atoms with Crippen molar-refractivity contribution < 1.29 is 0 Å². The molecule has 0 amide bonds. The van der Waals surface area contributed by atoms with Crippen LogP contribution in [0.3, 0.4) is 0 Å². The zero-order valence-corrected chi connectivity index (χ0v) is 11.8. The molecule has 1 atom stereocenters. The van der Waals surface area contributed by atoms with Crippen molar-refractivity contribution in [2.75, 3.05) is 7.05 Å². The number of rotatable bonds is 3. The van der Waals surface area contributed by atoms with Crippen LogP contribution in [0.25, 0.3) is 10.8 Å². The monoisotopic (exact) mass is 241 g/mol. The first-order valence-corrected chi connectivity index (χ1v) is 6.65. The number of nitrogens with one attached hydrogen (secondary N) is 1. The van der Waals surface area contributed by atoms with Gasteiger partial charge in [0, 0.05) is 6.04 Å². The van der Waals surface area contributed by atoms with E-state index >= 15 is 0 Å². The predicted octanol–water partition coefficient (Wildman–Crippen LogP) is 4.54. The van der Waals surface area contributed by atoms with Crippen LogP contribution < -0.4 is 5.32 Å². The maximum absolute atomic E-state index is 3.44. The average molecular weight is 241 g/mol. The van der Waals surface area contributed by atoms with E-state index in [2.05, 4.69) is 68.6 Å². The summed E-state index contributed by atoms with van der Waals surface area (Å²) in [4.78, 5) is 0. The zero-order chi connectivity index (χ0) is 13.2. The Morgan fingerprint density at radius 1 is 1.00 bits per heavy atom. The van der Waals surface area contributed by atoms with Crippen molar-refractivity contribution in [2.24, 2.45) is 5.41 Å². The number of hydrogen-bond acceptors (Lipinski definition) is 1. The highest BCUT2D eigenvalue weighted by molar-refractivity contribution is 5.83. The van der Waals surface area contributed by atoms with E-state index in [1.54, 1.807) is 0 Å². The molecule has 0 fully saturated rings. The van der Waals surface area contributed by atoms with Crippen molar-refractivity contribution in [2.45, 2.75) is 33.2 Å². The Balaban J connectivity index is 2.33. The normalized spacial score (nSPS) is 13.8. The van der Waals surface area contributed by atoms with Gasteiger partial charge in [-0.05, 0) is 41.3 Å². The molecule has 0 radical (unpaired) electrons. The molecule has 0 heterocycles. The van der Waals surface area contributed by atoms with Crippen LogP contribution in [0, 0.1) is 5.41 Å². The maximum Gasteiger partial charge on any atom is 0.0322 e. The van der Waals surface area contributed by atoms with Gasteiger partial charge in [-0.25, -0.2) is 0 Å². The Hall–Kier alpha value is -1.34. The Labute approximate surface area is 110 Å². The third-order valence-electron chi connectivity index (χ3n) is 3.34. The van der Waals surface area contributed by atoms with E-state index in [1.807, 2.05) is 7.05 Å². The molecule has 96 valence electrons. The lowest BCUT2D eigenvalue weighted by Crippen LogP contribution is -2.22. The van der Waals surface area contributed by atoms with Crippen LogP contribution >= 0.6 is 0 Å². The van der Waals surface area contributed by atoms with Gasteiger partial charge in [0.25, 0.3) is 0 Å². The Morgan fingerprint density at radius 3 is 2.28 bits per heavy atom. The number of benzene rings is 2. The Kier molecular flexibility index (Phi) is 3.72. The summed E-state index contributed by atoms with van der Waals surface area (Å²) in [5.41, 5.74) is 1.71. The van der Waals surface area contributed by atoms with Crippen LogP contribution in [-0.4, -0.2) is 7.05 Å². The standard InChI is InChI=1S/C17H23N/c1-17(2,3)12-16(18-4)15-10-9-13-7-5-6-8-14(13)11-15/h5-11,16,18H,12H2,1-4H3. The summed E-state index contributed by atoms with van der Waals surface area (Å²) in [5, 5.41) is 6.07. The molecule has 0 aliphatic rings. The molecule has 18 heavy (non-hydrogen) atoms. The molecule has 0 aliphatic carbocycles. The summed E-state index contributed by atoms with van der Waals surface area (Å²) in [6.07, 6.45) is 1.14. The predicted molar refractivity (Wildman–Crippen MR) is 79.8 cm³/mol. The summed E-state index contributed by atoms with van der Waals surface area (Å²) in [7, 11) is 2.05. The lowest BCUT2D eigenvalue weighted by molar-refractivity contribution is 0.321. The highest BCUT2D eigenvalue weighted by atomic mass is 14.9. The summed E-state index contributed by atoms with van der Waals surface area (Å²) in [6.45, 7) is 6.87. The maximum atomic E-state index is 3.44. The molecule has 0 spiro atoms. The SMILES string of the molecule is CNC(CC(C)(C)C)c1ccc2ccccc2c1. The zero-order valence-electron chi connectivity index (χ0n) is 11.8. The van der Waals surface area contributed by atoms with E-state index in [-0.39, 0.29) is 0 Å². The summed E-state index contributed by atoms with van der Waals surface area (Å²) in [6, 6.07) is 15.7.